The van der Waals surface area contributed by atoms with Gasteiger partial charge in [-0.25, -0.2) is 0 Å². The lowest BCUT2D eigenvalue weighted by molar-refractivity contribution is -0.136. The molecule has 0 spiro atoms. The highest BCUT2D eigenvalue weighted by molar-refractivity contribution is 6.93. The molecule has 0 aliphatic rings. The molecule has 0 unspecified atom stereocenters. The van der Waals surface area contributed by atoms with Gasteiger partial charge in [-0.15, -0.1) is 0 Å². The second-order valence-corrected chi connectivity index (χ2v) is 46.7. The first kappa shape index (κ1) is 66.0. The van der Waals surface area contributed by atoms with Crippen molar-refractivity contribution in [1.29, 1.82) is 0 Å². The largest absolute Gasteiger partial charge is 0.508 e. The number of amides is 3. The van der Waals surface area contributed by atoms with Crippen molar-refractivity contribution in [3.8, 4) is 17.2 Å². The maximum absolute atomic E-state index is 13.6. The van der Waals surface area contributed by atoms with Gasteiger partial charge in [-0.3, -0.25) is 28.8 Å². The number of para-hydroxylation sites is 3. The van der Waals surface area contributed by atoms with Crippen LogP contribution < -0.4 is 53.0 Å². The van der Waals surface area contributed by atoms with Gasteiger partial charge in [0.05, 0.1) is 43.5 Å². The van der Waals surface area contributed by atoms with E-state index in [4.69, 9.17) is 0 Å². The molecule has 15 nitrogen and oxygen atoms in total. The van der Waals surface area contributed by atoms with E-state index < -0.39 is 72.9 Å². The number of benzene rings is 6. The number of aromatic amines is 3. The van der Waals surface area contributed by atoms with Crippen molar-refractivity contribution < 1.29 is 42.9 Å². The summed E-state index contributed by atoms with van der Waals surface area (Å²) in [5.41, 5.74) is 0.507. The summed E-state index contributed by atoms with van der Waals surface area (Å²) in [6.45, 7) is 31.2. The first-order chi connectivity index (χ1) is 40.2. The van der Waals surface area contributed by atoms with Crippen molar-refractivity contribution in [1.82, 2.24) is 15.0 Å². The van der Waals surface area contributed by atoms with Gasteiger partial charge in [0.15, 0.2) is 0 Å². The summed E-state index contributed by atoms with van der Waals surface area (Å²) < 4.78 is 40.8. The van der Waals surface area contributed by atoms with Crippen LogP contribution in [0.1, 0.15) is 63.0 Å². The van der Waals surface area contributed by atoms with Gasteiger partial charge in [-0.1, -0.05) is 148 Å². The first-order valence-corrected chi connectivity index (χ1v) is 42.1. The number of carbonyl (C=O) groups is 3. The Balaban J connectivity index is 0.000000186. The van der Waals surface area contributed by atoms with Crippen LogP contribution in [0.2, 0.25) is 78.6 Å². The van der Waals surface area contributed by atoms with Gasteiger partial charge in [-0.2, -0.15) is 13.2 Å². The molecule has 22 heteroatoms. The number of carbonyl (C=O) groups excluding carboxylic acids is 3. The lowest BCUT2D eigenvalue weighted by Crippen LogP contribution is -2.46. The van der Waals surface area contributed by atoms with Crippen LogP contribution in [0.5, 0.6) is 17.2 Å². The fraction of sp³-hybridized carbons (Fsp3) is 0.262. The van der Waals surface area contributed by atoms with Crippen molar-refractivity contribution >= 4 is 121 Å². The van der Waals surface area contributed by atoms with Gasteiger partial charge < -0.3 is 46.2 Å². The Bertz CT molecular complexity index is 3920. The van der Waals surface area contributed by atoms with Gasteiger partial charge in [0.2, 0.25) is 16.3 Å². The van der Waals surface area contributed by atoms with E-state index in [0.29, 0.717) is 38.7 Å². The highest BCUT2D eigenvalue weighted by Gasteiger charge is 2.37. The Morgan fingerprint density at radius 1 is 0.402 bits per heavy atom. The number of hydrogen-bond acceptors (Lipinski definition) is 9. The average molecular weight is 1250 g/mol. The summed E-state index contributed by atoms with van der Waals surface area (Å²) in [4.78, 5) is 85.4. The van der Waals surface area contributed by atoms with Gasteiger partial charge in [0, 0.05) is 80.9 Å². The second kappa shape index (κ2) is 24.7. The predicted molar refractivity (Wildman–Crippen MR) is 358 cm³/mol. The van der Waals surface area contributed by atoms with E-state index in [-0.39, 0.29) is 60.8 Å². The van der Waals surface area contributed by atoms with E-state index in [2.05, 4.69) is 95.9 Å². The lowest BCUT2D eigenvalue weighted by atomic mass is 9.86. The molecule has 9 aromatic rings. The number of hydrogen-bond donors (Lipinski definition) is 9. The van der Waals surface area contributed by atoms with E-state index in [0.717, 1.165) is 39.5 Å². The van der Waals surface area contributed by atoms with Gasteiger partial charge in [0.25, 0.3) is 17.7 Å². The molecule has 0 aliphatic heterocycles. The number of halogens is 3. The number of aromatic hydroxyl groups is 3. The minimum atomic E-state index is -4.75. The van der Waals surface area contributed by atoms with E-state index in [1.54, 1.807) is 86.4 Å². The van der Waals surface area contributed by atoms with Crippen LogP contribution in [0.25, 0.3) is 32.7 Å². The van der Waals surface area contributed by atoms with E-state index in [1.807, 2.05) is 39.0 Å². The third-order valence-electron chi connectivity index (χ3n) is 14.6. The number of phenols is 3. The first-order valence-electron chi connectivity index (χ1n) is 28.1. The highest BCUT2D eigenvalue weighted by Crippen LogP contribution is 2.37. The predicted octanol–water partition coefficient (Wildman–Crippen LogP) is 12.0. The zero-order chi connectivity index (χ0) is 64.7. The second-order valence-electron chi connectivity index (χ2n) is 26.6. The molecule has 3 aromatic heterocycles. The minimum absolute atomic E-state index is 0.0459. The number of phenolic OH excluding ortho intramolecular Hbond substituents is 3. The van der Waals surface area contributed by atoms with Crippen LogP contribution in [0.4, 0.5) is 30.2 Å². The summed E-state index contributed by atoms with van der Waals surface area (Å²) in [6.07, 6.45) is -0.702. The molecule has 87 heavy (non-hydrogen) atoms. The van der Waals surface area contributed by atoms with E-state index in [9.17, 15) is 57.3 Å². The van der Waals surface area contributed by atoms with E-state index >= 15 is 0 Å². The third-order valence-corrected chi connectivity index (χ3v) is 22.7. The summed E-state index contributed by atoms with van der Waals surface area (Å²) in [5, 5.41) is 43.9. The molecule has 0 bridgehead atoms. The fourth-order valence-electron chi connectivity index (χ4n) is 9.93. The number of pyridine rings is 3. The lowest BCUT2D eigenvalue weighted by Gasteiger charge is -2.27. The van der Waals surface area contributed by atoms with Crippen molar-refractivity contribution in [2.24, 2.45) is 0 Å². The van der Waals surface area contributed by atoms with Gasteiger partial charge >= 0.3 is 6.18 Å². The standard InChI is InChI=1S/C23H28N2O3Si.C22H28N2O3Si2.C20H19F3N2O3Si/c1-23(2,3)16-11-20(29(4,5)6)18(12-19(16)26)25-22(28)15-13-24-17-10-8-7-9-14(17)21(15)27;1-28(2,3)19-12-20(29(4,5)6)18(25)11-17(19)24-22(27)15-13-23-16-10-8-7-9-14(16)21(15)26;1-29(2,3)17-8-13(20(21,22)23)15(9-16(17)26)25-19(28)12-10-24-14-7-5-4-6-11(14)18(12)27/h7-13,26H,1-6H3,(H,24,27)(H,25,28);7-13,25H,1-6H3,(H,23,26)(H,24,27);4-10,26H,1-3H3,(H,24,27)(H,25,28). The zero-order valence-electron chi connectivity index (χ0n) is 51.5. The van der Waals surface area contributed by atoms with Crippen molar-refractivity contribution in [3.63, 3.8) is 0 Å². The Labute approximate surface area is 506 Å². The van der Waals surface area contributed by atoms with Crippen molar-refractivity contribution in [2.45, 2.75) is 111 Å². The number of aromatic nitrogens is 3. The Kier molecular flexibility index (Phi) is 18.7. The van der Waals surface area contributed by atoms with Crippen LogP contribution in [-0.4, -0.2) is 80.3 Å². The molecule has 9 N–H and O–H groups in total. The molecular weight excluding hydrogens is 1180 g/mol. The summed E-state index contributed by atoms with van der Waals surface area (Å²) >= 11 is 0. The van der Waals surface area contributed by atoms with Crippen LogP contribution in [-0.2, 0) is 11.6 Å². The smallest absolute Gasteiger partial charge is 0.418 e. The Morgan fingerprint density at radius 3 is 1.02 bits per heavy atom. The molecule has 456 valence electrons. The maximum atomic E-state index is 13.6. The quantitative estimate of drug-likeness (QED) is 0.0590. The van der Waals surface area contributed by atoms with Crippen LogP contribution in [0, 0.1) is 0 Å². The molecule has 3 amide bonds. The van der Waals surface area contributed by atoms with Crippen molar-refractivity contribution in [3.05, 3.63) is 186 Å². The normalized spacial score (nSPS) is 12.2. The van der Waals surface area contributed by atoms with Crippen LogP contribution >= 0.6 is 0 Å². The molecular formula is C65H75F3N6O9Si4. The fourth-order valence-corrected chi connectivity index (χ4v) is 16.0. The molecule has 0 radical (unpaired) electrons. The van der Waals surface area contributed by atoms with E-state index in [1.165, 1.54) is 18.5 Å². The molecule has 0 aliphatic carbocycles. The van der Waals surface area contributed by atoms with Crippen molar-refractivity contribution in [2.75, 3.05) is 16.0 Å². The molecule has 0 atom stereocenters. The molecule has 9 rings (SSSR count). The number of fused-ring (bicyclic) bond motifs is 3. The number of H-pyrrole nitrogens is 3. The number of rotatable bonds is 10. The topological polar surface area (TPSA) is 247 Å². The SMILES string of the molecule is CC(C)(C)c1cc([Si](C)(C)C)c(NC(=O)c2c[nH]c3ccccc3c2=O)cc1O.C[Si](C)(C)c1cc(C(F)(F)F)c(NC(=O)c2c[nH]c3ccccc3c2=O)cc1O.C[Si](C)(C)c1cc([Si](C)(C)C)c(NC(=O)c2c[nH]c3ccccc3c2=O)cc1O. The van der Waals surface area contributed by atoms with Gasteiger partial charge in [-0.05, 0) is 74.2 Å². The summed E-state index contributed by atoms with van der Waals surface area (Å²) in [7, 11) is -7.70. The maximum Gasteiger partial charge on any atom is 0.418 e. The van der Waals surface area contributed by atoms with Crippen LogP contribution in [0.3, 0.4) is 0 Å². The minimum Gasteiger partial charge on any atom is -0.508 e. The third kappa shape index (κ3) is 15.0. The number of nitrogens with one attached hydrogen (secondary N) is 6. The molecule has 0 fully saturated rings. The zero-order valence-corrected chi connectivity index (χ0v) is 55.5. The molecule has 6 aromatic carbocycles. The van der Waals surface area contributed by atoms with Crippen LogP contribution in [0.15, 0.2) is 142 Å². The molecule has 3 heterocycles. The summed E-state index contributed by atoms with van der Waals surface area (Å²) in [5.74, 6) is -1.94. The number of anilines is 3. The highest BCUT2D eigenvalue weighted by atomic mass is 28.3. The molecule has 0 saturated carbocycles. The number of alkyl halides is 3. The Morgan fingerprint density at radius 2 is 0.690 bits per heavy atom. The average Bonchev–Trinajstić information content (AvgIpc) is 1.60. The summed E-state index contributed by atoms with van der Waals surface area (Å²) in [6, 6.07) is 29.8. The Hall–Kier alpha value is -8.58. The molecule has 0 saturated heterocycles. The van der Waals surface area contributed by atoms with Gasteiger partial charge in [0.1, 0.15) is 33.9 Å². The monoisotopic (exact) mass is 1250 g/mol.